The summed E-state index contributed by atoms with van der Waals surface area (Å²) in [5.74, 6) is 0. The highest BCUT2D eigenvalue weighted by atomic mass is 32.2. The van der Waals surface area contributed by atoms with E-state index in [9.17, 15) is 9.59 Å². The minimum absolute atomic E-state index is 0.107. The molecule has 0 aliphatic heterocycles. The molecule has 2 aromatic heterocycles. The third-order valence-corrected chi connectivity index (χ3v) is 9.54. The van der Waals surface area contributed by atoms with Crippen molar-refractivity contribution in [3.63, 3.8) is 0 Å². The van der Waals surface area contributed by atoms with Gasteiger partial charge >= 0.3 is 5.69 Å². The zero-order valence-electron chi connectivity index (χ0n) is 24.0. The molecular weight excluding hydrogens is 538 g/mol. The number of benzene rings is 4. The quantitative estimate of drug-likeness (QED) is 0.188. The van der Waals surface area contributed by atoms with E-state index in [1.807, 2.05) is 48.3 Å². The van der Waals surface area contributed by atoms with Crippen LogP contribution in [0.15, 0.2) is 137 Å². The standard InChI is InChI=1S/C36H33N3O2S/c1-26(24-39-25-31-32(33(39)27-16-8-4-9-17-27)34(40)38(3)35(41)37(31)2)42-36(28-18-10-5-11-19-28,29-20-12-6-13-21-29)30-22-14-7-15-23-30/h4-23,25-26H,24H2,1-3H3. The molecule has 0 aliphatic rings. The van der Waals surface area contributed by atoms with E-state index < -0.39 is 4.75 Å². The Labute approximate surface area is 249 Å². The minimum Gasteiger partial charge on any atom is -0.344 e. The maximum absolute atomic E-state index is 13.5. The van der Waals surface area contributed by atoms with E-state index in [1.165, 1.54) is 21.3 Å². The summed E-state index contributed by atoms with van der Waals surface area (Å²) >= 11 is 1.90. The van der Waals surface area contributed by atoms with Crippen LogP contribution in [0.4, 0.5) is 0 Å². The number of nitrogens with zero attached hydrogens (tertiary/aromatic N) is 3. The van der Waals surface area contributed by atoms with Crippen molar-refractivity contribution in [1.82, 2.24) is 13.7 Å². The third-order valence-electron chi connectivity index (χ3n) is 7.93. The van der Waals surface area contributed by atoms with Gasteiger partial charge in [0.1, 0.15) is 0 Å². The van der Waals surface area contributed by atoms with E-state index in [0.717, 1.165) is 11.3 Å². The Morgan fingerprint density at radius 1 is 0.667 bits per heavy atom. The molecule has 6 heteroatoms. The molecule has 0 bridgehead atoms. The molecule has 0 spiro atoms. The molecule has 210 valence electrons. The molecule has 2 heterocycles. The first-order chi connectivity index (χ1) is 20.4. The maximum atomic E-state index is 13.5. The molecule has 5 nitrogen and oxygen atoms in total. The fourth-order valence-corrected chi connectivity index (χ4v) is 7.63. The van der Waals surface area contributed by atoms with Crippen LogP contribution in [0.25, 0.3) is 22.2 Å². The Morgan fingerprint density at radius 3 is 1.60 bits per heavy atom. The van der Waals surface area contributed by atoms with Crippen LogP contribution in [0, 0.1) is 0 Å². The second-order valence-electron chi connectivity index (χ2n) is 10.7. The molecule has 1 atom stereocenters. The highest BCUT2D eigenvalue weighted by Gasteiger charge is 2.38. The van der Waals surface area contributed by atoms with Gasteiger partial charge in [0.25, 0.3) is 5.56 Å². The van der Waals surface area contributed by atoms with Gasteiger partial charge in [-0.15, -0.1) is 11.8 Å². The summed E-state index contributed by atoms with van der Waals surface area (Å²) < 4.78 is 4.46. The van der Waals surface area contributed by atoms with Crippen LogP contribution >= 0.6 is 11.8 Å². The molecule has 42 heavy (non-hydrogen) atoms. The van der Waals surface area contributed by atoms with Gasteiger partial charge in [0.2, 0.25) is 0 Å². The Hall–Kier alpha value is -4.55. The van der Waals surface area contributed by atoms with Crippen LogP contribution in [-0.4, -0.2) is 19.0 Å². The predicted octanol–water partition coefficient (Wildman–Crippen LogP) is 6.82. The lowest BCUT2D eigenvalue weighted by atomic mass is 9.84. The molecule has 0 N–H and O–H groups in total. The highest BCUT2D eigenvalue weighted by Crippen LogP contribution is 2.50. The molecule has 0 fully saturated rings. The largest absolute Gasteiger partial charge is 0.344 e. The summed E-state index contributed by atoms with van der Waals surface area (Å²) in [4.78, 5) is 26.4. The average Bonchev–Trinajstić information content (AvgIpc) is 3.42. The van der Waals surface area contributed by atoms with Crippen molar-refractivity contribution >= 4 is 22.7 Å². The summed E-state index contributed by atoms with van der Waals surface area (Å²) in [5, 5.41) is 0.666. The van der Waals surface area contributed by atoms with Gasteiger partial charge in [-0.25, -0.2) is 4.79 Å². The molecule has 0 aliphatic carbocycles. The number of rotatable bonds is 8. The molecule has 0 saturated carbocycles. The lowest BCUT2D eigenvalue weighted by Crippen LogP contribution is -2.36. The van der Waals surface area contributed by atoms with E-state index in [2.05, 4.69) is 102 Å². The number of aromatic nitrogens is 3. The van der Waals surface area contributed by atoms with Crippen molar-refractivity contribution in [2.75, 3.05) is 0 Å². The molecule has 0 amide bonds. The average molecular weight is 572 g/mol. The second kappa shape index (κ2) is 11.4. The molecule has 0 saturated heterocycles. The van der Waals surface area contributed by atoms with E-state index >= 15 is 0 Å². The van der Waals surface area contributed by atoms with E-state index in [1.54, 1.807) is 18.7 Å². The highest BCUT2D eigenvalue weighted by molar-refractivity contribution is 8.01. The van der Waals surface area contributed by atoms with Crippen molar-refractivity contribution in [2.45, 2.75) is 23.5 Å². The van der Waals surface area contributed by atoms with Crippen molar-refractivity contribution in [2.24, 2.45) is 14.1 Å². The predicted molar refractivity (Wildman–Crippen MR) is 174 cm³/mol. The summed E-state index contributed by atoms with van der Waals surface area (Å²) in [6.45, 7) is 2.87. The molecule has 0 radical (unpaired) electrons. The van der Waals surface area contributed by atoms with E-state index in [0.29, 0.717) is 17.4 Å². The van der Waals surface area contributed by atoms with E-state index in [4.69, 9.17) is 0 Å². The lowest BCUT2D eigenvalue weighted by molar-refractivity contribution is 0.694. The lowest BCUT2D eigenvalue weighted by Gasteiger charge is -2.37. The number of hydrogen-bond acceptors (Lipinski definition) is 3. The SMILES string of the molecule is CC(Cn1cc2c(c1-c1ccccc1)c(=O)n(C)c(=O)n2C)SC(c1ccccc1)(c1ccccc1)c1ccccc1. The van der Waals surface area contributed by atoms with Gasteiger partial charge in [-0.05, 0) is 22.3 Å². The summed E-state index contributed by atoms with van der Waals surface area (Å²) in [7, 11) is 3.27. The Balaban J connectivity index is 1.53. The number of fused-ring (bicyclic) bond motifs is 1. The van der Waals surface area contributed by atoms with Crippen molar-refractivity contribution in [3.8, 4) is 11.3 Å². The normalized spacial score (nSPS) is 12.5. The van der Waals surface area contributed by atoms with Crippen LogP contribution in [0.1, 0.15) is 23.6 Å². The summed E-state index contributed by atoms with van der Waals surface area (Å²) in [6, 6.07) is 42.0. The van der Waals surface area contributed by atoms with Crippen LogP contribution in [0.2, 0.25) is 0 Å². The first-order valence-corrected chi connectivity index (χ1v) is 15.0. The second-order valence-corrected chi connectivity index (χ2v) is 12.3. The van der Waals surface area contributed by atoms with Gasteiger partial charge in [-0.1, -0.05) is 128 Å². The first-order valence-electron chi connectivity index (χ1n) is 14.1. The Bertz CT molecular complexity index is 1850. The third kappa shape index (κ3) is 4.72. The number of hydrogen-bond donors (Lipinski definition) is 0. The molecular formula is C36H33N3O2S. The van der Waals surface area contributed by atoms with Gasteiger partial charge in [-0.3, -0.25) is 13.9 Å². The molecule has 6 rings (SSSR count). The van der Waals surface area contributed by atoms with Crippen LogP contribution in [0.3, 0.4) is 0 Å². The fraction of sp³-hybridized carbons (Fsp3) is 0.167. The van der Waals surface area contributed by atoms with Crippen LogP contribution in [-0.2, 0) is 25.4 Å². The van der Waals surface area contributed by atoms with Gasteiger partial charge in [0.05, 0.1) is 21.3 Å². The van der Waals surface area contributed by atoms with Gasteiger partial charge in [-0.2, -0.15) is 0 Å². The van der Waals surface area contributed by atoms with Crippen molar-refractivity contribution in [1.29, 1.82) is 0 Å². The first kappa shape index (κ1) is 27.6. The molecule has 6 aromatic rings. The molecule has 4 aromatic carbocycles. The summed E-state index contributed by atoms with van der Waals surface area (Å²) in [5.41, 5.74) is 5.42. The zero-order valence-corrected chi connectivity index (χ0v) is 24.8. The maximum Gasteiger partial charge on any atom is 0.330 e. The topological polar surface area (TPSA) is 48.9 Å². The number of thioether (sulfide) groups is 1. The van der Waals surface area contributed by atoms with Crippen molar-refractivity contribution < 1.29 is 0 Å². The summed E-state index contributed by atoms with van der Waals surface area (Å²) in [6.07, 6.45) is 1.97. The van der Waals surface area contributed by atoms with Gasteiger partial charge < -0.3 is 4.57 Å². The number of aryl methyl sites for hydroxylation is 1. The minimum atomic E-state index is -0.467. The van der Waals surface area contributed by atoms with Gasteiger partial charge in [0.15, 0.2) is 0 Å². The zero-order chi connectivity index (χ0) is 29.3. The van der Waals surface area contributed by atoms with Crippen LogP contribution in [0.5, 0.6) is 0 Å². The fourth-order valence-electron chi connectivity index (χ4n) is 5.98. The monoisotopic (exact) mass is 571 g/mol. The Morgan fingerprint density at radius 2 is 1.12 bits per heavy atom. The van der Waals surface area contributed by atoms with Crippen LogP contribution < -0.4 is 11.2 Å². The van der Waals surface area contributed by atoms with Crippen molar-refractivity contribution in [3.05, 3.63) is 165 Å². The molecule has 1 unspecified atom stereocenters. The van der Waals surface area contributed by atoms with Gasteiger partial charge in [0, 0.05) is 32.1 Å². The van der Waals surface area contributed by atoms with E-state index in [-0.39, 0.29) is 16.5 Å². The smallest absolute Gasteiger partial charge is 0.330 e. The Kier molecular flexibility index (Phi) is 7.48.